The van der Waals surface area contributed by atoms with Crippen LogP contribution in [0, 0.1) is 0 Å². The van der Waals surface area contributed by atoms with Crippen LogP contribution in [0.4, 0.5) is 0 Å². The maximum atomic E-state index is 5.66. The Morgan fingerprint density at radius 1 is 0.750 bits per heavy atom. The summed E-state index contributed by atoms with van der Waals surface area (Å²) in [4.78, 5) is 0. The second-order valence-corrected chi connectivity index (χ2v) is 6.35. The van der Waals surface area contributed by atoms with Gasteiger partial charge in [-0.15, -0.1) is 0 Å². The highest BCUT2D eigenvalue weighted by molar-refractivity contribution is 5.48. The minimum Gasteiger partial charge on any atom is -0.465 e. The molecule has 0 heterocycles. The quantitative estimate of drug-likeness (QED) is 0.319. The molecule has 0 atom stereocenters. The van der Waals surface area contributed by atoms with Gasteiger partial charge in [-0.2, -0.15) is 0 Å². The van der Waals surface area contributed by atoms with Crippen molar-refractivity contribution in [3.8, 4) is 5.75 Å². The van der Waals surface area contributed by atoms with Crippen LogP contribution in [0.2, 0.25) is 0 Å². The Morgan fingerprint density at radius 2 is 1.42 bits per heavy atom. The van der Waals surface area contributed by atoms with Gasteiger partial charge in [-0.1, -0.05) is 87.9 Å². The zero-order valence-corrected chi connectivity index (χ0v) is 14.9. The Balaban J connectivity index is 1.64. The van der Waals surface area contributed by atoms with Crippen molar-refractivity contribution in [1.29, 1.82) is 0 Å². The van der Waals surface area contributed by atoms with Gasteiger partial charge in [-0.3, -0.25) is 0 Å². The first-order valence-corrected chi connectivity index (χ1v) is 9.35. The number of aryl methyl sites for hydroxylation is 1. The molecule has 0 fully saturated rings. The number of hydrogen-bond donors (Lipinski definition) is 0. The molecular weight excluding hydrogens is 292 g/mol. The molecule has 128 valence electrons. The van der Waals surface area contributed by atoms with Crippen LogP contribution in [0.25, 0.3) is 6.08 Å². The molecule has 0 radical (unpaired) electrons. The largest absolute Gasteiger partial charge is 0.465 e. The summed E-state index contributed by atoms with van der Waals surface area (Å²) in [6, 6.07) is 18.7. The molecule has 0 bridgehead atoms. The minimum absolute atomic E-state index is 0.894. The smallest absolute Gasteiger partial charge is 0.126 e. The SMILES string of the molecule is CCCCCCCCCc1ccc(OC=Cc2ccccc2)cc1. The summed E-state index contributed by atoms with van der Waals surface area (Å²) in [5, 5.41) is 0. The van der Waals surface area contributed by atoms with Gasteiger partial charge >= 0.3 is 0 Å². The molecule has 0 aliphatic heterocycles. The first-order valence-electron chi connectivity index (χ1n) is 9.35. The van der Waals surface area contributed by atoms with Crippen LogP contribution in [0.1, 0.15) is 63.0 Å². The summed E-state index contributed by atoms with van der Waals surface area (Å²) < 4.78 is 5.66. The second kappa shape index (κ2) is 11.5. The first kappa shape index (κ1) is 18.3. The summed E-state index contributed by atoms with van der Waals surface area (Å²) in [6.07, 6.45) is 14.4. The summed E-state index contributed by atoms with van der Waals surface area (Å²) in [5.74, 6) is 0.894. The van der Waals surface area contributed by atoms with E-state index in [1.165, 1.54) is 56.9 Å². The highest BCUT2D eigenvalue weighted by Gasteiger charge is 1.96. The van der Waals surface area contributed by atoms with Crippen LogP contribution in [-0.2, 0) is 6.42 Å². The van der Waals surface area contributed by atoms with Crippen LogP contribution in [0.5, 0.6) is 5.75 Å². The van der Waals surface area contributed by atoms with E-state index in [1.54, 1.807) is 6.26 Å². The Labute approximate surface area is 147 Å². The normalized spacial score (nSPS) is 11.0. The third-order valence-corrected chi connectivity index (χ3v) is 4.26. The average Bonchev–Trinajstić information content (AvgIpc) is 2.63. The van der Waals surface area contributed by atoms with Gasteiger partial charge in [0, 0.05) is 0 Å². The third kappa shape index (κ3) is 7.50. The summed E-state index contributed by atoms with van der Waals surface area (Å²) in [6.45, 7) is 2.27. The lowest BCUT2D eigenvalue weighted by atomic mass is 10.0. The van der Waals surface area contributed by atoms with Crippen molar-refractivity contribution in [2.45, 2.75) is 58.3 Å². The highest BCUT2D eigenvalue weighted by Crippen LogP contribution is 2.16. The molecule has 2 rings (SSSR count). The fraction of sp³-hybridized carbons (Fsp3) is 0.391. The molecule has 0 saturated heterocycles. The summed E-state index contributed by atoms with van der Waals surface area (Å²) in [5.41, 5.74) is 2.55. The van der Waals surface area contributed by atoms with Crippen LogP contribution in [0.3, 0.4) is 0 Å². The number of rotatable bonds is 11. The first-order chi connectivity index (χ1) is 11.9. The lowest BCUT2D eigenvalue weighted by molar-refractivity contribution is 0.485. The molecule has 0 aromatic heterocycles. The molecule has 1 heteroatoms. The van der Waals surface area contributed by atoms with Gasteiger partial charge < -0.3 is 4.74 Å². The Kier molecular flexibility index (Phi) is 8.78. The molecule has 0 spiro atoms. The van der Waals surface area contributed by atoms with Gasteiger partial charge in [0.1, 0.15) is 5.75 Å². The van der Waals surface area contributed by atoms with Crippen LogP contribution in [0.15, 0.2) is 60.9 Å². The van der Waals surface area contributed by atoms with E-state index in [0.29, 0.717) is 0 Å². The fourth-order valence-corrected chi connectivity index (χ4v) is 2.78. The number of ether oxygens (including phenoxy) is 1. The van der Waals surface area contributed by atoms with Crippen molar-refractivity contribution in [3.05, 3.63) is 72.0 Å². The molecule has 2 aromatic rings. The number of unbranched alkanes of at least 4 members (excludes halogenated alkanes) is 6. The lowest BCUT2D eigenvalue weighted by Crippen LogP contribution is -1.88. The standard InChI is InChI=1S/C23H30O/c1-2-3-4-5-6-7-9-14-22-15-17-23(18-16-22)24-20-19-21-12-10-8-11-13-21/h8,10-13,15-20H,2-7,9,14H2,1H3. The maximum Gasteiger partial charge on any atom is 0.126 e. The minimum atomic E-state index is 0.894. The molecule has 0 amide bonds. The van der Waals surface area contributed by atoms with Crippen molar-refractivity contribution in [1.82, 2.24) is 0 Å². The van der Waals surface area contributed by atoms with Crippen LogP contribution >= 0.6 is 0 Å². The van der Waals surface area contributed by atoms with Gasteiger partial charge in [0.25, 0.3) is 0 Å². The molecule has 0 aliphatic rings. The molecule has 0 saturated carbocycles. The van der Waals surface area contributed by atoms with Crippen molar-refractivity contribution in [2.24, 2.45) is 0 Å². The average molecular weight is 322 g/mol. The predicted octanol–water partition coefficient (Wildman–Crippen LogP) is 7.03. The Bertz CT molecular complexity index is 569. The van der Waals surface area contributed by atoms with Gasteiger partial charge in [-0.25, -0.2) is 0 Å². The van der Waals surface area contributed by atoms with E-state index >= 15 is 0 Å². The highest BCUT2D eigenvalue weighted by atomic mass is 16.5. The van der Waals surface area contributed by atoms with Crippen molar-refractivity contribution < 1.29 is 4.74 Å². The van der Waals surface area contributed by atoms with Gasteiger partial charge in [0.05, 0.1) is 6.26 Å². The Hall–Kier alpha value is -2.02. The molecule has 0 N–H and O–H groups in total. The molecule has 0 aliphatic carbocycles. The van der Waals surface area contributed by atoms with E-state index < -0.39 is 0 Å². The molecule has 0 unspecified atom stereocenters. The van der Waals surface area contributed by atoms with Crippen molar-refractivity contribution in [2.75, 3.05) is 0 Å². The van der Waals surface area contributed by atoms with Gasteiger partial charge in [-0.05, 0) is 42.2 Å². The van der Waals surface area contributed by atoms with Crippen molar-refractivity contribution >= 4 is 6.08 Å². The third-order valence-electron chi connectivity index (χ3n) is 4.26. The molecule has 1 nitrogen and oxygen atoms in total. The van der Waals surface area contributed by atoms with Gasteiger partial charge in [0.15, 0.2) is 0 Å². The maximum absolute atomic E-state index is 5.66. The monoisotopic (exact) mass is 322 g/mol. The number of hydrogen-bond acceptors (Lipinski definition) is 1. The van der Waals surface area contributed by atoms with E-state index in [4.69, 9.17) is 4.74 Å². The number of benzene rings is 2. The van der Waals surface area contributed by atoms with E-state index in [1.807, 2.05) is 24.3 Å². The molecule has 2 aromatic carbocycles. The van der Waals surface area contributed by atoms with Crippen LogP contribution < -0.4 is 4.74 Å². The summed E-state index contributed by atoms with van der Waals surface area (Å²) in [7, 11) is 0. The molecular formula is C23H30O. The molecule has 24 heavy (non-hydrogen) atoms. The van der Waals surface area contributed by atoms with Crippen LogP contribution in [-0.4, -0.2) is 0 Å². The zero-order valence-electron chi connectivity index (χ0n) is 14.9. The van der Waals surface area contributed by atoms with E-state index in [2.05, 4.69) is 43.3 Å². The topological polar surface area (TPSA) is 9.23 Å². The lowest BCUT2D eigenvalue weighted by Gasteiger charge is -2.04. The Morgan fingerprint density at radius 3 is 2.12 bits per heavy atom. The van der Waals surface area contributed by atoms with E-state index in [-0.39, 0.29) is 0 Å². The fourth-order valence-electron chi connectivity index (χ4n) is 2.78. The second-order valence-electron chi connectivity index (χ2n) is 6.35. The van der Waals surface area contributed by atoms with Crippen molar-refractivity contribution in [3.63, 3.8) is 0 Å². The predicted molar refractivity (Wildman–Crippen MR) is 104 cm³/mol. The zero-order chi connectivity index (χ0) is 16.9. The van der Waals surface area contributed by atoms with E-state index in [9.17, 15) is 0 Å². The summed E-state index contributed by atoms with van der Waals surface area (Å²) >= 11 is 0. The van der Waals surface area contributed by atoms with Gasteiger partial charge in [0.2, 0.25) is 0 Å². The van der Waals surface area contributed by atoms with E-state index in [0.717, 1.165) is 11.3 Å².